The molecule has 6 heteroatoms. The molecule has 0 saturated carbocycles. The summed E-state index contributed by atoms with van der Waals surface area (Å²) in [5, 5.41) is 0. The molecule has 0 atom stereocenters. The Morgan fingerprint density at radius 1 is 0.333 bits per heavy atom. The minimum atomic E-state index is 1.29. The van der Waals surface area contributed by atoms with E-state index in [0.717, 1.165) is 0 Å². The molecule has 0 bridgehead atoms. The van der Waals surface area contributed by atoms with Crippen LogP contribution in [-0.4, -0.2) is 96.1 Å². The maximum atomic E-state index is 2.62. The van der Waals surface area contributed by atoms with Gasteiger partial charge in [-0.15, -0.1) is 0 Å². The van der Waals surface area contributed by atoms with E-state index in [-0.39, 0.29) is 0 Å². The van der Waals surface area contributed by atoms with Gasteiger partial charge in [0, 0.05) is 0 Å². The fourth-order valence-electron chi connectivity index (χ4n) is 0.673. The Morgan fingerprint density at radius 2 is 0.417 bits per heavy atom. The van der Waals surface area contributed by atoms with E-state index in [1.165, 1.54) is 26.8 Å². The van der Waals surface area contributed by atoms with Gasteiger partial charge < -0.3 is 0 Å². The van der Waals surface area contributed by atoms with Gasteiger partial charge in [0.25, 0.3) is 0 Å². The molecule has 0 unspecified atom stereocenters. The summed E-state index contributed by atoms with van der Waals surface area (Å²) in [6, 6.07) is 0. The van der Waals surface area contributed by atoms with E-state index in [4.69, 9.17) is 0 Å². The van der Waals surface area contributed by atoms with Crippen molar-refractivity contribution >= 4 is 123 Å². The van der Waals surface area contributed by atoms with Crippen LogP contribution in [0.2, 0.25) is 0 Å². The predicted molar refractivity (Wildman–Crippen MR) is 67.1 cm³/mol. The zero-order valence-electron chi connectivity index (χ0n) is 5.68. The predicted octanol–water partition coefficient (Wildman–Crippen LogP) is -7.16. The molecule has 66 valence electrons. The second-order valence-corrected chi connectivity index (χ2v) is 7.72. The molecule has 0 saturated heterocycles. The minimum absolute atomic E-state index is 1.29. The van der Waals surface area contributed by atoms with Gasteiger partial charge in [-0.05, 0) is 0 Å². The van der Waals surface area contributed by atoms with Gasteiger partial charge in [0.05, 0.1) is 0 Å². The Balaban J connectivity index is 3.60. The summed E-state index contributed by atoms with van der Waals surface area (Å²) in [6.45, 7) is 0. The molecule has 0 aliphatic carbocycles. The molecule has 0 spiro atoms. The van der Waals surface area contributed by atoms with Gasteiger partial charge in [0.2, 0.25) is 0 Å². The van der Waals surface area contributed by atoms with Crippen molar-refractivity contribution in [3.63, 3.8) is 0 Å². The van der Waals surface area contributed by atoms with Gasteiger partial charge in [-0.25, -0.2) is 0 Å². The summed E-state index contributed by atoms with van der Waals surface area (Å²) < 4.78 is 7.77. The van der Waals surface area contributed by atoms with Gasteiger partial charge in [-0.2, -0.15) is 0 Å². The summed E-state index contributed by atoms with van der Waals surface area (Å²) in [6.07, 6.45) is 0. The molecule has 0 aromatic heterocycles. The van der Waals surface area contributed by atoms with Crippen LogP contribution in [0.3, 0.4) is 0 Å². The molecule has 0 fully saturated rings. The first-order chi connectivity index (χ1) is 5.46. The average Bonchev–Trinajstić information content (AvgIpc) is 2.08. The first-order valence-electron chi connectivity index (χ1n) is 2.84. The van der Waals surface area contributed by atoms with Crippen molar-refractivity contribution in [1.82, 2.24) is 0 Å². The van der Waals surface area contributed by atoms with Crippen LogP contribution in [0.4, 0.5) is 0 Å². The number of rotatable bonds is 0. The topological polar surface area (TPSA) is 0 Å². The molecule has 12 heavy (non-hydrogen) atoms. The molecule has 1 rings (SSSR count). The van der Waals surface area contributed by atoms with Crippen LogP contribution >= 0.6 is 0 Å². The van der Waals surface area contributed by atoms with Crippen molar-refractivity contribution < 1.29 is 0 Å². The summed E-state index contributed by atoms with van der Waals surface area (Å²) in [7, 11) is 0. The standard InChI is InChI=1S/C6H6Se6/c7-1-2(8)4(10)6(12)5(11)3(1)9/h7-12H. The fourth-order valence-corrected chi connectivity index (χ4v) is 5.98. The van der Waals surface area contributed by atoms with Crippen molar-refractivity contribution in [2.75, 3.05) is 0 Å². The van der Waals surface area contributed by atoms with Crippen molar-refractivity contribution in [3.8, 4) is 0 Å². The van der Waals surface area contributed by atoms with Crippen LogP contribution < -0.4 is 26.8 Å². The van der Waals surface area contributed by atoms with Crippen LogP contribution in [0.15, 0.2) is 0 Å². The Morgan fingerprint density at radius 3 is 0.500 bits per heavy atom. The molecular formula is C6H6Se6. The molecule has 0 nitrogen and oxygen atoms in total. The van der Waals surface area contributed by atoms with E-state index in [1.807, 2.05) is 0 Å². The van der Waals surface area contributed by atoms with Gasteiger partial charge in [0.1, 0.15) is 0 Å². The zero-order chi connectivity index (χ0) is 9.46. The summed E-state index contributed by atoms with van der Waals surface area (Å²) in [5.74, 6) is 0. The van der Waals surface area contributed by atoms with Crippen molar-refractivity contribution in [2.24, 2.45) is 0 Å². The van der Waals surface area contributed by atoms with E-state index >= 15 is 0 Å². The van der Waals surface area contributed by atoms with Crippen LogP contribution in [0, 0.1) is 0 Å². The molecular weight excluding hydrogens is 546 g/mol. The normalized spacial score (nSPS) is 10.5. The zero-order valence-corrected chi connectivity index (χ0v) is 16.9. The van der Waals surface area contributed by atoms with Crippen LogP contribution in [0.5, 0.6) is 0 Å². The molecule has 1 aromatic rings. The molecule has 0 amide bonds. The second kappa shape index (κ2) is 4.91. The number of hydrogen-bond donors (Lipinski definition) is 0. The van der Waals surface area contributed by atoms with E-state index < -0.39 is 0 Å². The van der Waals surface area contributed by atoms with Crippen LogP contribution in [0.1, 0.15) is 0 Å². The number of hydrogen-bond acceptors (Lipinski definition) is 0. The molecule has 0 aliphatic heterocycles. The Hall–Kier alpha value is 2.34. The van der Waals surface area contributed by atoms with Crippen LogP contribution in [0.25, 0.3) is 0 Å². The molecule has 0 radical (unpaired) electrons. The maximum absolute atomic E-state index is 2.62. The van der Waals surface area contributed by atoms with E-state index in [0.29, 0.717) is 0 Å². The third-order valence-corrected chi connectivity index (χ3v) is 12.0. The second-order valence-electron chi connectivity index (χ2n) is 2.09. The van der Waals surface area contributed by atoms with Gasteiger partial charge in [-0.1, -0.05) is 0 Å². The quantitative estimate of drug-likeness (QED) is 0.281. The molecule has 0 heterocycles. The fraction of sp³-hybridized carbons (Fsp3) is 0. The van der Waals surface area contributed by atoms with Crippen LogP contribution in [-0.2, 0) is 0 Å². The molecule has 0 N–H and O–H groups in total. The van der Waals surface area contributed by atoms with Crippen molar-refractivity contribution in [1.29, 1.82) is 0 Å². The van der Waals surface area contributed by atoms with Crippen molar-refractivity contribution in [2.45, 2.75) is 0 Å². The van der Waals surface area contributed by atoms with E-state index in [1.54, 1.807) is 0 Å². The SMILES string of the molecule is [SeH]c1c([SeH])c([SeH])c([SeH])c([SeH])c1[SeH]. The van der Waals surface area contributed by atoms with E-state index in [9.17, 15) is 0 Å². The average molecular weight is 552 g/mol. The third-order valence-electron chi connectivity index (χ3n) is 1.35. The Labute approximate surface area is 121 Å². The Bertz CT molecular complexity index is 226. The summed E-state index contributed by atoms with van der Waals surface area (Å²) in [4.78, 5) is 0. The van der Waals surface area contributed by atoms with Gasteiger partial charge >= 0.3 is 123 Å². The third kappa shape index (κ3) is 2.29. The van der Waals surface area contributed by atoms with Crippen molar-refractivity contribution in [3.05, 3.63) is 0 Å². The summed E-state index contributed by atoms with van der Waals surface area (Å²) >= 11 is 15.7. The number of benzene rings is 1. The monoisotopic (exact) mass is 558 g/mol. The Kier molecular flexibility index (Phi) is 5.07. The molecule has 0 aliphatic rings. The van der Waals surface area contributed by atoms with Gasteiger partial charge in [-0.3, -0.25) is 0 Å². The summed E-state index contributed by atoms with van der Waals surface area (Å²) in [5.41, 5.74) is 0. The first-order valence-corrected chi connectivity index (χ1v) is 8.47. The van der Waals surface area contributed by atoms with E-state index in [2.05, 4.69) is 96.1 Å². The molecule has 1 aromatic carbocycles. The van der Waals surface area contributed by atoms with Gasteiger partial charge in [0.15, 0.2) is 0 Å². The first kappa shape index (κ1) is 12.4.